The number of Topliss-reactive ketones (excluding diaryl/α,β-unsaturated/α-hetero) is 1. The third-order valence-electron chi connectivity index (χ3n) is 3.32. The molecule has 1 nitrogen and oxygen atoms in total. The molecule has 0 radical (unpaired) electrons. The maximum absolute atomic E-state index is 12.4. The molecule has 0 amide bonds. The summed E-state index contributed by atoms with van der Waals surface area (Å²) >= 11 is 3.94. The Balaban J connectivity index is 1.88. The van der Waals surface area contributed by atoms with Gasteiger partial charge in [-0.05, 0) is 18.4 Å². The zero-order valence-electron chi connectivity index (χ0n) is 9.02. The summed E-state index contributed by atoms with van der Waals surface area (Å²) in [5.74, 6) is 3.06. The molecule has 84 valence electrons. The van der Waals surface area contributed by atoms with Crippen molar-refractivity contribution in [1.82, 2.24) is 0 Å². The number of carbonyl (C=O) groups is 1. The van der Waals surface area contributed by atoms with Gasteiger partial charge in [-0.25, -0.2) is 0 Å². The summed E-state index contributed by atoms with van der Waals surface area (Å²) < 4.78 is 0.515. The van der Waals surface area contributed by atoms with Crippen LogP contribution in [-0.2, 0) is 6.42 Å². The highest BCUT2D eigenvalue weighted by Crippen LogP contribution is 2.42. The lowest BCUT2D eigenvalue weighted by Gasteiger charge is -2.26. The molecule has 1 atom stereocenters. The van der Waals surface area contributed by atoms with E-state index in [4.69, 9.17) is 0 Å². The van der Waals surface area contributed by atoms with Crippen LogP contribution in [0.3, 0.4) is 0 Å². The van der Waals surface area contributed by atoms with Gasteiger partial charge in [-0.15, -0.1) is 23.5 Å². The van der Waals surface area contributed by atoms with Gasteiger partial charge in [0.25, 0.3) is 0 Å². The minimum absolute atomic E-state index is 0.257. The van der Waals surface area contributed by atoms with Crippen LogP contribution < -0.4 is 0 Å². The van der Waals surface area contributed by atoms with Crippen molar-refractivity contribution in [3.8, 4) is 0 Å². The minimum atomic E-state index is 0.257. The average molecular weight is 250 g/mol. The lowest BCUT2D eigenvalue weighted by molar-refractivity contribution is 0.0912. The fourth-order valence-electron chi connectivity index (χ4n) is 2.49. The van der Waals surface area contributed by atoms with Crippen LogP contribution in [0.15, 0.2) is 24.3 Å². The van der Waals surface area contributed by atoms with Crippen molar-refractivity contribution in [1.29, 1.82) is 0 Å². The van der Waals surface area contributed by atoms with Crippen LogP contribution in [0.2, 0.25) is 0 Å². The van der Waals surface area contributed by atoms with Crippen molar-refractivity contribution in [2.75, 3.05) is 11.5 Å². The highest BCUT2D eigenvalue weighted by atomic mass is 32.2. The number of carbonyl (C=O) groups excluding carboxylic acids is 1. The average Bonchev–Trinajstić information content (AvgIpc) is 2.83. The van der Waals surface area contributed by atoms with E-state index in [0.29, 0.717) is 10.4 Å². The number of hydrogen-bond acceptors (Lipinski definition) is 3. The number of aryl methyl sites for hydroxylation is 1. The molecule has 1 aromatic rings. The lowest BCUT2D eigenvalue weighted by Crippen LogP contribution is -2.28. The molecular weight excluding hydrogens is 236 g/mol. The minimum Gasteiger partial charge on any atom is -0.294 e. The van der Waals surface area contributed by atoms with Crippen molar-refractivity contribution in [2.24, 2.45) is 5.92 Å². The van der Waals surface area contributed by atoms with Crippen LogP contribution in [0, 0.1) is 5.92 Å². The maximum atomic E-state index is 12.4. The Morgan fingerprint density at radius 1 is 1.12 bits per heavy atom. The molecule has 1 aliphatic heterocycles. The van der Waals surface area contributed by atoms with E-state index in [1.807, 2.05) is 41.7 Å². The van der Waals surface area contributed by atoms with Crippen LogP contribution in [0.25, 0.3) is 0 Å². The number of thioether (sulfide) groups is 2. The van der Waals surface area contributed by atoms with E-state index in [1.54, 1.807) is 0 Å². The first-order chi connectivity index (χ1) is 7.86. The molecule has 0 bridgehead atoms. The summed E-state index contributed by atoms with van der Waals surface area (Å²) in [5.41, 5.74) is 2.23. The molecule has 16 heavy (non-hydrogen) atoms. The van der Waals surface area contributed by atoms with E-state index in [1.165, 1.54) is 17.1 Å². The molecule has 2 aliphatic rings. The van der Waals surface area contributed by atoms with Gasteiger partial charge in [-0.3, -0.25) is 4.79 Å². The molecule has 3 heteroatoms. The molecule has 3 rings (SSSR count). The molecule has 0 spiro atoms. The van der Waals surface area contributed by atoms with Gasteiger partial charge < -0.3 is 0 Å². The van der Waals surface area contributed by atoms with Gasteiger partial charge in [0.15, 0.2) is 5.78 Å². The van der Waals surface area contributed by atoms with Gasteiger partial charge in [0.05, 0.1) is 4.58 Å². The van der Waals surface area contributed by atoms with Gasteiger partial charge in [-0.1, -0.05) is 24.3 Å². The van der Waals surface area contributed by atoms with E-state index in [2.05, 4.69) is 6.07 Å². The molecule has 0 saturated carbocycles. The summed E-state index contributed by atoms with van der Waals surface area (Å²) in [6, 6.07) is 8.10. The highest BCUT2D eigenvalue weighted by molar-refractivity contribution is 8.20. The Labute approximate surface area is 104 Å². The summed E-state index contributed by atoms with van der Waals surface area (Å²) in [7, 11) is 0. The van der Waals surface area contributed by atoms with Gasteiger partial charge in [0.1, 0.15) is 0 Å². The summed E-state index contributed by atoms with van der Waals surface area (Å²) in [6.07, 6.45) is 2.12. The van der Waals surface area contributed by atoms with Crippen molar-refractivity contribution >= 4 is 29.3 Å². The van der Waals surface area contributed by atoms with Crippen molar-refractivity contribution in [3.05, 3.63) is 35.4 Å². The first-order valence-electron chi connectivity index (χ1n) is 5.71. The van der Waals surface area contributed by atoms with Crippen LogP contribution in [0.5, 0.6) is 0 Å². The third kappa shape index (κ3) is 1.80. The van der Waals surface area contributed by atoms with Crippen LogP contribution >= 0.6 is 23.5 Å². The molecule has 1 aromatic carbocycles. The van der Waals surface area contributed by atoms with E-state index in [0.717, 1.165) is 18.4 Å². The first kappa shape index (κ1) is 10.7. The number of ketones is 1. The normalized spacial score (nSPS) is 25.8. The van der Waals surface area contributed by atoms with E-state index in [-0.39, 0.29) is 5.92 Å². The largest absolute Gasteiger partial charge is 0.294 e. The number of rotatable bonds is 1. The Morgan fingerprint density at radius 2 is 1.88 bits per heavy atom. The second-order valence-corrected chi connectivity index (χ2v) is 7.07. The molecule has 1 unspecified atom stereocenters. The monoisotopic (exact) mass is 250 g/mol. The van der Waals surface area contributed by atoms with Gasteiger partial charge in [0.2, 0.25) is 0 Å². The standard InChI is InChI=1S/C13H14OS2/c14-12-10-4-2-1-3-9(10)5-6-11(12)13-15-7-8-16-13/h1-4,11,13H,5-8H2. The van der Waals surface area contributed by atoms with Crippen LogP contribution in [0.4, 0.5) is 0 Å². The highest BCUT2D eigenvalue weighted by Gasteiger charge is 2.35. The van der Waals surface area contributed by atoms with Gasteiger partial charge in [-0.2, -0.15) is 0 Å². The van der Waals surface area contributed by atoms with E-state index in [9.17, 15) is 4.79 Å². The number of benzene rings is 1. The second-order valence-electron chi connectivity index (χ2n) is 4.28. The predicted octanol–water partition coefficient (Wildman–Crippen LogP) is 3.24. The fourth-order valence-corrected chi connectivity index (χ4v) is 5.67. The molecule has 1 saturated heterocycles. The maximum Gasteiger partial charge on any atom is 0.168 e. The van der Waals surface area contributed by atoms with E-state index < -0.39 is 0 Å². The quantitative estimate of drug-likeness (QED) is 0.761. The Hall–Kier alpha value is -0.410. The summed E-state index contributed by atoms with van der Waals surface area (Å²) in [6.45, 7) is 0. The molecule has 0 aromatic heterocycles. The van der Waals surface area contributed by atoms with Crippen molar-refractivity contribution < 1.29 is 4.79 Å². The lowest BCUT2D eigenvalue weighted by atomic mass is 9.84. The van der Waals surface area contributed by atoms with Crippen molar-refractivity contribution in [3.63, 3.8) is 0 Å². The number of fused-ring (bicyclic) bond motifs is 1. The molecule has 1 aliphatic carbocycles. The van der Waals surface area contributed by atoms with Crippen molar-refractivity contribution in [2.45, 2.75) is 17.4 Å². The fraction of sp³-hybridized carbons (Fsp3) is 0.462. The summed E-state index contributed by atoms with van der Waals surface area (Å²) in [4.78, 5) is 12.4. The van der Waals surface area contributed by atoms with E-state index >= 15 is 0 Å². The Morgan fingerprint density at radius 3 is 2.69 bits per heavy atom. The Bertz CT molecular complexity index is 410. The smallest absolute Gasteiger partial charge is 0.168 e. The molecule has 0 N–H and O–H groups in total. The zero-order valence-corrected chi connectivity index (χ0v) is 10.7. The SMILES string of the molecule is O=C1c2ccccc2CCC1C1SCCS1. The third-order valence-corrected chi connectivity index (χ3v) is 6.59. The Kier molecular flexibility index (Phi) is 2.99. The van der Waals surface area contributed by atoms with Gasteiger partial charge in [0, 0.05) is 23.0 Å². The number of hydrogen-bond donors (Lipinski definition) is 0. The molecule has 1 heterocycles. The van der Waals surface area contributed by atoms with Gasteiger partial charge >= 0.3 is 0 Å². The predicted molar refractivity (Wildman–Crippen MR) is 71.3 cm³/mol. The van der Waals surface area contributed by atoms with Crippen LogP contribution in [-0.4, -0.2) is 21.9 Å². The first-order valence-corrected chi connectivity index (χ1v) is 7.81. The van der Waals surface area contributed by atoms with Crippen LogP contribution in [0.1, 0.15) is 22.3 Å². The molecule has 1 fully saturated rings. The topological polar surface area (TPSA) is 17.1 Å². The summed E-state index contributed by atoms with van der Waals surface area (Å²) in [5, 5.41) is 0. The second kappa shape index (κ2) is 4.46. The molecular formula is C13H14OS2. The zero-order chi connectivity index (χ0) is 11.0.